The summed E-state index contributed by atoms with van der Waals surface area (Å²) in [7, 11) is 1.59. The molecule has 0 unspecified atom stereocenters. The van der Waals surface area contributed by atoms with Crippen LogP contribution in [0, 0.1) is 0 Å². The Kier molecular flexibility index (Phi) is 6.11. The minimum absolute atomic E-state index is 0.0233. The van der Waals surface area contributed by atoms with Crippen molar-refractivity contribution in [1.82, 2.24) is 9.78 Å². The molecule has 0 spiro atoms. The molecule has 0 radical (unpaired) electrons. The summed E-state index contributed by atoms with van der Waals surface area (Å²) < 4.78 is 11.4. The lowest BCUT2D eigenvalue weighted by Gasteiger charge is -2.10. The van der Waals surface area contributed by atoms with Crippen LogP contribution >= 0.6 is 0 Å². The molecule has 1 aromatic carbocycles. The number of allylic oxidation sites excluding steroid dienone is 2. The number of benzene rings is 1. The molecule has 6 nitrogen and oxygen atoms in total. The Hall–Kier alpha value is -2.89. The van der Waals surface area contributed by atoms with Gasteiger partial charge in [-0.15, -0.1) is 0 Å². The fraction of sp³-hybridized carbons (Fsp3) is 0.316. The van der Waals surface area contributed by atoms with E-state index in [1.165, 1.54) is 10.7 Å². The summed E-state index contributed by atoms with van der Waals surface area (Å²) >= 11 is 0. The largest absolute Gasteiger partial charge is 0.497 e. The first-order valence-electron chi connectivity index (χ1n) is 8.03. The fourth-order valence-corrected chi connectivity index (χ4v) is 2.19. The molecule has 0 saturated carbocycles. The van der Waals surface area contributed by atoms with Crippen molar-refractivity contribution in [2.75, 3.05) is 13.7 Å². The fourth-order valence-electron chi connectivity index (χ4n) is 2.19. The number of aromatic nitrogens is 2. The normalized spacial score (nSPS) is 10.2. The number of hydrogen-bond acceptors (Lipinski definition) is 5. The predicted molar refractivity (Wildman–Crippen MR) is 95.9 cm³/mol. The van der Waals surface area contributed by atoms with Gasteiger partial charge in [0.05, 0.1) is 26.0 Å². The molecule has 0 bridgehead atoms. The SMILES string of the molecule is CCOC(=O)c1cc(-c2ccc(OC)cc2)nn(CC=C(C)C)c1=O. The van der Waals surface area contributed by atoms with Gasteiger partial charge in [-0.3, -0.25) is 4.79 Å². The quantitative estimate of drug-likeness (QED) is 0.596. The smallest absolute Gasteiger partial charge is 0.343 e. The third-order valence-electron chi connectivity index (χ3n) is 3.53. The van der Waals surface area contributed by atoms with Crippen LogP contribution in [0.4, 0.5) is 0 Å². The standard InChI is InChI=1S/C19H22N2O4/c1-5-25-19(23)16-12-17(14-6-8-15(24-4)9-7-14)20-21(18(16)22)11-10-13(2)3/h6-10,12H,5,11H2,1-4H3. The molecular weight excluding hydrogens is 320 g/mol. The lowest BCUT2D eigenvalue weighted by atomic mass is 10.1. The summed E-state index contributed by atoms with van der Waals surface area (Å²) in [6.07, 6.45) is 1.88. The van der Waals surface area contributed by atoms with Crippen LogP contribution in [0.3, 0.4) is 0 Å². The van der Waals surface area contributed by atoms with E-state index in [-0.39, 0.29) is 18.7 Å². The molecule has 0 amide bonds. The molecule has 2 aromatic rings. The third kappa shape index (κ3) is 4.56. The number of carbonyl (C=O) groups is 1. The number of carbonyl (C=O) groups excluding carboxylic acids is 1. The maximum atomic E-state index is 12.5. The van der Waals surface area contributed by atoms with E-state index < -0.39 is 11.5 Å². The van der Waals surface area contributed by atoms with Crippen molar-refractivity contribution in [3.8, 4) is 17.0 Å². The third-order valence-corrected chi connectivity index (χ3v) is 3.53. The molecule has 2 rings (SSSR count). The highest BCUT2D eigenvalue weighted by Gasteiger charge is 2.17. The Morgan fingerprint density at radius 1 is 1.24 bits per heavy atom. The number of methoxy groups -OCH3 is 1. The predicted octanol–water partition coefficient (Wildman–Crippen LogP) is 3.06. The van der Waals surface area contributed by atoms with Crippen LogP contribution in [0.15, 0.2) is 46.8 Å². The molecule has 0 atom stereocenters. The second-order valence-corrected chi connectivity index (χ2v) is 5.66. The second-order valence-electron chi connectivity index (χ2n) is 5.66. The molecule has 0 N–H and O–H groups in total. The van der Waals surface area contributed by atoms with E-state index >= 15 is 0 Å². The minimum Gasteiger partial charge on any atom is -0.497 e. The maximum absolute atomic E-state index is 12.5. The number of ether oxygens (including phenoxy) is 2. The number of rotatable bonds is 6. The van der Waals surface area contributed by atoms with E-state index in [1.807, 2.05) is 32.1 Å². The summed E-state index contributed by atoms with van der Waals surface area (Å²) in [5, 5.41) is 4.38. The molecule has 1 aromatic heterocycles. The minimum atomic E-state index is -0.643. The van der Waals surface area contributed by atoms with Crippen LogP contribution in [0.2, 0.25) is 0 Å². The van der Waals surface area contributed by atoms with Crippen LogP contribution in [-0.2, 0) is 11.3 Å². The van der Waals surface area contributed by atoms with Gasteiger partial charge < -0.3 is 9.47 Å². The zero-order chi connectivity index (χ0) is 18.4. The van der Waals surface area contributed by atoms with Crippen LogP contribution in [0.5, 0.6) is 5.75 Å². The highest BCUT2D eigenvalue weighted by atomic mass is 16.5. The molecule has 25 heavy (non-hydrogen) atoms. The monoisotopic (exact) mass is 342 g/mol. The zero-order valence-electron chi connectivity index (χ0n) is 14.9. The summed E-state index contributed by atoms with van der Waals surface area (Å²) in [5.74, 6) is 0.0721. The molecule has 0 aliphatic rings. The molecule has 0 aliphatic carbocycles. The van der Waals surface area contributed by atoms with Crippen LogP contribution in [-0.4, -0.2) is 29.5 Å². The van der Waals surface area contributed by atoms with Gasteiger partial charge in [0.15, 0.2) is 0 Å². The van der Waals surface area contributed by atoms with Crippen LogP contribution in [0.1, 0.15) is 31.1 Å². The Labute approximate surface area is 146 Å². The topological polar surface area (TPSA) is 70.4 Å². The molecule has 0 fully saturated rings. The van der Waals surface area contributed by atoms with E-state index in [2.05, 4.69) is 5.10 Å². The molecule has 0 saturated heterocycles. The lowest BCUT2D eigenvalue weighted by Crippen LogP contribution is -2.29. The average Bonchev–Trinajstić information content (AvgIpc) is 2.61. The number of esters is 1. The number of hydrogen-bond donors (Lipinski definition) is 0. The lowest BCUT2D eigenvalue weighted by molar-refractivity contribution is 0.0523. The van der Waals surface area contributed by atoms with Crippen molar-refractivity contribution in [3.05, 3.63) is 57.9 Å². The highest BCUT2D eigenvalue weighted by molar-refractivity contribution is 5.90. The Bertz CT molecular complexity index is 831. The van der Waals surface area contributed by atoms with Crippen molar-refractivity contribution >= 4 is 5.97 Å². The maximum Gasteiger partial charge on any atom is 0.343 e. The summed E-state index contributed by atoms with van der Waals surface area (Å²) in [5.41, 5.74) is 1.86. The van der Waals surface area contributed by atoms with Gasteiger partial charge in [-0.05, 0) is 51.1 Å². The van der Waals surface area contributed by atoms with E-state index in [4.69, 9.17) is 9.47 Å². The zero-order valence-corrected chi connectivity index (χ0v) is 14.9. The number of nitrogens with zero attached hydrogens (tertiary/aromatic N) is 2. The molecular formula is C19H22N2O4. The van der Waals surface area contributed by atoms with Gasteiger partial charge in [0.25, 0.3) is 5.56 Å². The van der Waals surface area contributed by atoms with E-state index in [0.29, 0.717) is 11.4 Å². The van der Waals surface area contributed by atoms with Gasteiger partial charge in [-0.25, -0.2) is 9.48 Å². The first-order chi connectivity index (χ1) is 12.0. The van der Waals surface area contributed by atoms with Gasteiger partial charge in [0.1, 0.15) is 11.3 Å². The van der Waals surface area contributed by atoms with Crippen molar-refractivity contribution in [2.24, 2.45) is 0 Å². The van der Waals surface area contributed by atoms with Crippen LogP contribution < -0.4 is 10.3 Å². The van der Waals surface area contributed by atoms with Gasteiger partial charge in [-0.2, -0.15) is 5.10 Å². The summed E-state index contributed by atoms with van der Waals surface area (Å²) in [4.78, 5) is 24.7. The second kappa shape index (κ2) is 8.28. The van der Waals surface area contributed by atoms with Crippen molar-refractivity contribution in [1.29, 1.82) is 0 Å². The van der Waals surface area contributed by atoms with E-state index in [0.717, 1.165) is 11.1 Å². The molecule has 6 heteroatoms. The highest BCUT2D eigenvalue weighted by Crippen LogP contribution is 2.20. The van der Waals surface area contributed by atoms with Crippen molar-refractivity contribution in [2.45, 2.75) is 27.3 Å². The summed E-state index contributed by atoms with van der Waals surface area (Å²) in [6.45, 7) is 6.06. The Morgan fingerprint density at radius 2 is 1.92 bits per heavy atom. The summed E-state index contributed by atoms with van der Waals surface area (Å²) in [6, 6.07) is 8.72. The van der Waals surface area contributed by atoms with Crippen molar-refractivity contribution in [3.63, 3.8) is 0 Å². The van der Waals surface area contributed by atoms with E-state index in [9.17, 15) is 9.59 Å². The Morgan fingerprint density at radius 3 is 2.48 bits per heavy atom. The first-order valence-corrected chi connectivity index (χ1v) is 8.03. The van der Waals surface area contributed by atoms with Gasteiger partial charge in [0.2, 0.25) is 0 Å². The average molecular weight is 342 g/mol. The van der Waals surface area contributed by atoms with Gasteiger partial charge >= 0.3 is 5.97 Å². The molecule has 0 aliphatic heterocycles. The first kappa shape index (κ1) is 18.4. The molecule has 132 valence electrons. The Balaban J connectivity index is 2.56. The van der Waals surface area contributed by atoms with Crippen molar-refractivity contribution < 1.29 is 14.3 Å². The van der Waals surface area contributed by atoms with E-state index in [1.54, 1.807) is 26.2 Å². The molecule has 1 heterocycles. The van der Waals surface area contributed by atoms with Gasteiger partial charge in [-0.1, -0.05) is 11.6 Å². The van der Waals surface area contributed by atoms with Gasteiger partial charge in [0, 0.05) is 5.56 Å². The van der Waals surface area contributed by atoms with Crippen LogP contribution in [0.25, 0.3) is 11.3 Å².